The lowest BCUT2D eigenvalue weighted by Crippen LogP contribution is -2.37. The molecule has 1 aliphatic rings. The molecule has 17 heavy (non-hydrogen) atoms. The van der Waals surface area contributed by atoms with Crippen LogP contribution in [-0.2, 0) is 16.6 Å². The van der Waals surface area contributed by atoms with Crippen molar-refractivity contribution in [3.63, 3.8) is 0 Å². The molecule has 2 unspecified atom stereocenters. The van der Waals surface area contributed by atoms with Gasteiger partial charge in [-0.25, -0.2) is 0 Å². The number of nitrogens with one attached hydrogen (secondary N) is 1. The molecule has 0 spiro atoms. The van der Waals surface area contributed by atoms with E-state index in [0.717, 1.165) is 17.1 Å². The van der Waals surface area contributed by atoms with Gasteiger partial charge in [0.1, 0.15) is 0 Å². The minimum absolute atomic E-state index is 0.0887. The van der Waals surface area contributed by atoms with Crippen LogP contribution in [-0.4, -0.2) is 34.9 Å². The van der Waals surface area contributed by atoms with Gasteiger partial charge < -0.3 is 15.8 Å². The predicted molar refractivity (Wildman–Crippen MR) is 63.6 cm³/mol. The van der Waals surface area contributed by atoms with Crippen molar-refractivity contribution in [1.82, 2.24) is 9.78 Å². The molecule has 1 saturated heterocycles. The smallest absolute Gasteiger partial charge is 0.231 e. The van der Waals surface area contributed by atoms with Crippen LogP contribution in [0.4, 0.5) is 5.69 Å². The number of aromatic nitrogens is 2. The van der Waals surface area contributed by atoms with E-state index in [2.05, 4.69) is 10.4 Å². The van der Waals surface area contributed by atoms with Gasteiger partial charge >= 0.3 is 0 Å². The summed E-state index contributed by atoms with van der Waals surface area (Å²) in [6.45, 7) is 4.63. The third kappa shape index (κ3) is 2.18. The molecule has 0 saturated carbocycles. The van der Waals surface area contributed by atoms with Gasteiger partial charge in [-0.05, 0) is 13.8 Å². The lowest BCUT2D eigenvalue weighted by Gasteiger charge is -2.13. The molecule has 2 rings (SSSR count). The topological polar surface area (TPSA) is 82.2 Å². The number of amides is 1. The number of carbonyl (C=O) groups excluding carboxylic acids is 1. The summed E-state index contributed by atoms with van der Waals surface area (Å²) >= 11 is 0. The molecule has 1 aromatic heterocycles. The fourth-order valence-electron chi connectivity index (χ4n) is 2.01. The number of anilines is 1. The van der Waals surface area contributed by atoms with Gasteiger partial charge in [-0.15, -0.1) is 0 Å². The molecule has 3 N–H and O–H groups in total. The molecular formula is C11H18N4O2. The second-order valence-electron chi connectivity index (χ2n) is 4.47. The van der Waals surface area contributed by atoms with Crippen LogP contribution in [0.2, 0.25) is 0 Å². The van der Waals surface area contributed by atoms with Crippen molar-refractivity contribution in [1.29, 1.82) is 0 Å². The zero-order valence-electron chi connectivity index (χ0n) is 10.4. The van der Waals surface area contributed by atoms with Gasteiger partial charge in [-0.1, -0.05) is 0 Å². The molecule has 6 heteroatoms. The van der Waals surface area contributed by atoms with Crippen molar-refractivity contribution in [3.05, 3.63) is 11.4 Å². The van der Waals surface area contributed by atoms with Gasteiger partial charge in [-0.3, -0.25) is 9.48 Å². The molecule has 0 bridgehead atoms. The van der Waals surface area contributed by atoms with Gasteiger partial charge in [-0.2, -0.15) is 5.10 Å². The Hall–Kier alpha value is -1.40. The summed E-state index contributed by atoms with van der Waals surface area (Å²) in [5.74, 6) is -0.358. The number of aryl methyl sites for hydroxylation is 2. The minimum atomic E-state index is -0.269. The van der Waals surface area contributed by atoms with E-state index in [1.807, 2.05) is 20.9 Å². The maximum atomic E-state index is 12.0. The molecule has 0 aliphatic carbocycles. The fourth-order valence-corrected chi connectivity index (χ4v) is 2.01. The van der Waals surface area contributed by atoms with E-state index < -0.39 is 0 Å². The Balaban J connectivity index is 2.13. The van der Waals surface area contributed by atoms with Crippen molar-refractivity contribution in [2.75, 3.05) is 18.5 Å². The quantitative estimate of drug-likeness (QED) is 0.756. The van der Waals surface area contributed by atoms with Crippen LogP contribution >= 0.6 is 0 Å². The third-order valence-corrected chi connectivity index (χ3v) is 3.22. The summed E-state index contributed by atoms with van der Waals surface area (Å²) in [7, 11) is 1.85. The van der Waals surface area contributed by atoms with Gasteiger partial charge in [0.2, 0.25) is 5.91 Å². The highest BCUT2D eigenvalue weighted by Gasteiger charge is 2.32. The largest absolute Gasteiger partial charge is 0.379 e. The van der Waals surface area contributed by atoms with E-state index in [4.69, 9.17) is 10.5 Å². The SMILES string of the molecule is Cc1nn(C)c(C)c1NC(=O)C1COCC1N. The van der Waals surface area contributed by atoms with Crippen LogP contribution in [0, 0.1) is 19.8 Å². The monoisotopic (exact) mass is 238 g/mol. The Labute approximate surface area is 100 Å². The maximum Gasteiger partial charge on any atom is 0.231 e. The second kappa shape index (κ2) is 4.46. The first kappa shape index (κ1) is 12.1. The number of ether oxygens (including phenoxy) is 1. The molecule has 1 fully saturated rings. The van der Waals surface area contributed by atoms with Crippen LogP contribution in [0.3, 0.4) is 0 Å². The number of nitrogens with zero attached hydrogens (tertiary/aromatic N) is 2. The first-order chi connectivity index (χ1) is 8.00. The lowest BCUT2D eigenvalue weighted by atomic mass is 10.0. The first-order valence-electron chi connectivity index (χ1n) is 5.65. The molecule has 1 amide bonds. The zero-order chi connectivity index (χ0) is 12.6. The van der Waals surface area contributed by atoms with E-state index in [9.17, 15) is 4.79 Å². The van der Waals surface area contributed by atoms with Crippen LogP contribution < -0.4 is 11.1 Å². The molecule has 2 atom stereocenters. The van der Waals surface area contributed by atoms with Gasteiger partial charge in [0.05, 0.1) is 36.2 Å². The van der Waals surface area contributed by atoms with Crippen molar-refractivity contribution in [2.45, 2.75) is 19.9 Å². The van der Waals surface area contributed by atoms with Gasteiger partial charge in [0, 0.05) is 13.1 Å². The van der Waals surface area contributed by atoms with Crippen molar-refractivity contribution in [3.8, 4) is 0 Å². The van der Waals surface area contributed by atoms with E-state index in [1.165, 1.54) is 0 Å². The third-order valence-electron chi connectivity index (χ3n) is 3.22. The van der Waals surface area contributed by atoms with Gasteiger partial charge in [0.15, 0.2) is 0 Å². The van der Waals surface area contributed by atoms with Crippen LogP contribution in [0.15, 0.2) is 0 Å². The Morgan fingerprint density at radius 1 is 1.53 bits per heavy atom. The van der Waals surface area contributed by atoms with E-state index >= 15 is 0 Å². The molecule has 2 heterocycles. The average molecular weight is 238 g/mol. The molecule has 94 valence electrons. The Morgan fingerprint density at radius 2 is 2.24 bits per heavy atom. The van der Waals surface area contributed by atoms with E-state index in [1.54, 1.807) is 4.68 Å². The highest BCUT2D eigenvalue weighted by molar-refractivity contribution is 5.94. The van der Waals surface area contributed by atoms with Crippen molar-refractivity contribution < 1.29 is 9.53 Å². The number of carbonyl (C=O) groups is 1. The normalized spacial score (nSPS) is 24.0. The fraction of sp³-hybridized carbons (Fsp3) is 0.636. The molecule has 0 radical (unpaired) electrons. The van der Waals surface area contributed by atoms with E-state index in [-0.39, 0.29) is 17.9 Å². The van der Waals surface area contributed by atoms with Crippen LogP contribution in [0.25, 0.3) is 0 Å². The average Bonchev–Trinajstić information content (AvgIpc) is 2.78. The second-order valence-corrected chi connectivity index (χ2v) is 4.47. The predicted octanol–water partition coefficient (Wildman–Crippen LogP) is -0.0509. The molecule has 0 aromatic carbocycles. The number of nitrogens with two attached hydrogens (primary N) is 1. The highest BCUT2D eigenvalue weighted by Crippen LogP contribution is 2.21. The summed E-state index contributed by atoms with van der Waals surface area (Å²) in [4.78, 5) is 12.0. The van der Waals surface area contributed by atoms with Crippen molar-refractivity contribution in [2.24, 2.45) is 18.7 Å². The molecule has 1 aliphatic heterocycles. The van der Waals surface area contributed by atoms with E-state index in [0.29, 0.717) is 13.2 Å². The van der Waals surface area contributed by atoms with Crippen LogP contribution in [0.1, 0.15) is 11.4 Å². The zero-order valence-corrected chi connectivity index (χ0v) is 10.4. The summed E-state index contributed by atoms with van der Waals surface area (Å²) in [5.41, 5.74) is 8.33. The lowest BCUT2D eigenvalue weighted by molar-refractivity contribution is -0.120. The summed E-state index contributed by atoms with van der Waals surface area (Å²) in [5, 5.41) is 7.14. The number of hydrogen-bond acceptors (Lipinski definition) is 4. The van der Waals surface area contributed by atoms with Crippen molar-refractivity contribution >= 4 is 11.6 Å². The summed E-state index contributed by atoms with van der Waals surface area (Å²) < 4.78 is 6.93. The highest BCUT2D eigenvalue weighted by atomic mass is 16.5. The number of hydrogen-bond donors (Lipinski definition) is 2. The number of rotatable bonds is 2. The molecule has 6 nitrogen and oxygen atoms in total. The standard InChI is InChI=1S/C11H18N4O2/c1-6-10(7(2)15(3)14-6)13-11(16)8-4-17-5-9(8)12/h8-9H,4-5,12H2,1-3H3,(H,13,16). The minimum Gasteiger partial charge on any atom is -0.379 e. The van der Waals surface area contributed by atoms with Crippen LogP contribution in [0.5, 0.6) is 0 Å². The summed E-state index contributed by atoms with van der Waals surface area (Å²) in [6, 6.07) is -0.215. The summed E-state index contributed by atoms with van der Waals surface area (Å²) in [6.07, 6.45) is 0. The molecular weight excluding hydrogens is 220 g/mol. The first-order valence-corrected chi connectivity index (χ1v) is 5.65. The Bertz CT molecular complexity index is 441. The Kier molecular flexibility index (Phi) is 3.17. The Morgan fingerprint density at radius 3 is 2.71 bits per heavy atom. The molecule has 1 aromatic rings. The maximum absolute atomic E-state index is 12.0. The van der Waals surface area contributed by atoms with Gasteiger partial charge in [0.25, 0.3) is 0 Å².